The lowest BCUT2D eigenvalue weighted by molar-refractivity contribution is -0.127. The van der Waals surface area contributed by atoms with Gasteiger partial charge in [-0.25, -0.2) is 4.79 Å². The maximum Gasteiger partial charge on any atom is 0.341 e. The van der Waals surface area contributed by atoms with Crippen LogP contribution < -0.4 is 30.4 Å². The van der Waals surface area contributed by atoms with E-state index < -0.39 is 18.0 Å². The number of thiophene rings is 1. The number of esters is 1. The summed E-state index contributed by atoms with van der Waals surface area (Å²) in [4.78, 5) is 25.8. The number of anilines is 1. The smallest absolute Gasteiger partial charge is 0.341 e. The van der Waals surface area contributed by atoms with E-state index in [2.05, 4.69) is 16.2 Å². The molecule has 1 aliphatic rings. The third-order valence-electron chi connectivity index (χ3n) is 4.84. The zero-order valence-electron chi connectivity index (χ0n) is 19.0. The van der Waals surface area contributed by atoms with Gasteiger partial charge in [-0.2, -0.15) is 0 Å². The molecule has 2 aromatic carbocycles. The Balaban J connectivity index is 1.36. The van der Waals surface area contributed by atoms with Crippen molar-refractivity contribution in [2.75, 3.05) is 18.7 Å². The highest BCUT2D eigenvalue weighted by molar-refractivity contribution is 7.80. The van der Waals surface area contributed by atoms with Gasteiger partial charge in [-0.15, -0.1) is 11.3 Å². The van der Waals surface area contributed by atoms with Crippen molar-refractivity contribution in [3.63, 3.8) is 0 Å². The SMILES string of the molecule is CCOC(=O)c1cc(-c2ccccc2)sc1NC(=S)NNC(=O)C(C)Oc1ccc2c(c1)OCO2. The van der Waals surface area contributed by atoms with Crippen LogP contribution in [0.15, 0.2) is 54.6 Å². The van der Waals surface area contributed by atoms with Gasteiger partial charge in [-0.05, 0) is 49.8 Å². The second-order valence-corrected chi connectivity index (χ2v) is 8.74. The molecule has 0 saturated carbocycles. The number of thiocarbonyl (C=S) groups is 1. The summed E-state index contributed by atoms with van der Waals surface area (Å²) in [6.45, 7) is 3.74. The first-order valence-corrected chi connectivity index (χ1v) is 12.0. The molecule has 0 saturated heterocycles. The fourth-order valence-corrected chi connectivity index (χ4v) is 4.42. The van der Waals surface area contributed by atoms with Gasteiger partial charge in [0, 0.05) is 10.9 Å². The van der Waals surface area contributed by atoms with Crippen LogP contribution in [0.2, 0.25) is 0 Å². The lowest BCUT2D eigenvalue weighted by Gasteiger charge is -2.16. The molecule has 1 aliphatic heterocycles. The van der Waals surface area contributed by atoms with Crippen molar-refractivity contribution in [1.29, 1.82) is 0 Å². The molecule has 35 heavy (non-hydrogen) atoms. The summed E-state index contributed by atoms with van der Waals surface area (Å²) in [5.74, 6) is 0.726. The first-order chi connectivity index (χ1) is 16.9. The fraction of sp³-hybridized carbons (Fsp3) is 0.208. The van der Waals surface area contributed by atoms with E-state index in [1.807, 2.05) is 30.3 Å². The maximum absolute atomic E-state index is 12.5. The molecule has 3 aromatic rings. The lowest BCUT2D eigenvalue weighted by atomic mass is 10.1. The Morgan fingerprint density at radius 3 is 2.63 bits per heavy atom. The summed E-state index contributed by atoms with van der Waals surface area (Å²) in [6.07, 6.45) is -0.827. The molecule has 182 valence electrons. The molecule has 0 spiro atoms. The average molecular weight is 514 g/mol. The molecule has 0 fully saturated rings. The van der Waals surface area contributed by atoms with Crippen LogP contribution in [-0.2, 0) is 9.53 Å². The van der Waals surface area contributed by atoms with E-state index in [1.54, 1.807) is 38.1 Å². The number of rotatable bonds is 7. The Hall–Kier alpha value is -3.83. The molecule has 1 aromatic heterocycles. The first kappa shape index (κ1) is 24.3. The number of amides is 1. The number of nitrogens with one attached hydrogen (secondary N) is 3. The van der Waals surface area contributed by atoms with Gasteiger partial charge < -0.3 is 24.3 Å². The van der Waals surface area contributed by atoms with E-state index in [0.29, 0.717) is 27.8 Å². The van der Waals surface area contributed by atoms with Gasteiger partial charge in [0.05, 0.1) is 12.2 Å². The minimum atomic E-state index is -0.827. The molecule has 0 aliphatic carbocycles. The zero-order chi connectivity index (χ0) is 24.8. The highest BCUT2D eigenvalue weighted by atomic mass is 32.1. The van der Waals surface area contributed by atoms with Crippen LogP contribution in [0.5, 0.6) is 17.2 Å². The maximum atomic E-state index is 12.5. The highest BCUT2D eigenvalue weighted by Gasteiger charge is 2.21. The van der Waals surface area contributed by atoms with Crippen molar-refractivity contribution < 1.29 is 28.5 Å². The van der Waals surface area contributed by atoms with E-state index in [1.165, 1.54) is 11.3 Å². The lowest BCUT2D eigenvalue weighted by Crippen LogP contribution is -2.48. The monoisotopic (exact) mass is 513 g/mol. The van der Waals surface area contributed by atoms with Crippen molar-refractivity contribution in [1.82, 2.24) is 10.9 Å². The number of carbonyl (C=O) groups is 2. The minimum Gasteiger partial charge on any atom is -0.481 e. The van der Waals surface area contributed by atoms with Gasteiger partial charge in [0.1, 0.15) is 10.8 Å². The second-order valence-electron chi connectivity index (χ2n) is 7.28. The normalized spacial score (nSPS) is 12.4. The predicted octanol–water partition coefficient (Wildman–Crippen LogP) is 4.11. The number of hydrazine groups is 1. The average Bonchev–Trinajstić information content (AvgIpc) is 3.50. The van der Waals surface area contributed by atoms with Crippen LogP contribution in [-0.4, -0.2) is 36.5 Å². The number of hydrogen-bond donors (Lipinski definition) is 3. The largest absolute Gasteiger partial charge is 0.481 e. The third kappa shape index (κ3) is 6.00. The quantitative estimate of drug-likeness (QED) is 0.244. The number of benzene rings is 2. The van der Waals surface area contributed by atoms with Crippen LogP contribution in [0.25, 0.3) is 10.4 Å². The van der Waals surface area contributed by atoms with Crippen LogP contribution in [0, 0.1) is 0 Å². The van der Waals surface area contributed by atoms with Gasteiger partial charge in [0.15, 0.2) is 22.7 Å². The number of hydrogen-bond acceptors (Lipinski definition) is 8. The summed E-state index contributed by atoms with van der Waals surface area (Å²) in [5, 5.41) is 3.56. The molecule has 2 heterocycles. The van der Waals surface area contributed by atoms with E-state index in [-0.39, 0.29) is 18.5 Å². The molecule has 1 atom stereocenters. The molecule has 9 nitrogen and oxygen atoms in total. The zero-order valence-corrected chi connectivity index (χ0v) is 20.6. The minimum absolute atomic E-state index is 0.0978. The van der Waals surface area contributed by atoms with Gasteiger partial charge in [0.2, 0.25) is 6.79 Å². The first-order valence-electron chi connectivity index (χ1n) is 10.7. The van der Waals surface area contributed by atoms with Gasteiger partial charge >= 0.3 is 5.97 Å². The van der Waals surface area contributed by atoms with E-state index in [0.717, 1.165) is 10.4 Å². The summed E-state index contributed by atoms with van der Waals surface area (Å²) in [7, 11) is 0. The molecule has 0 radical (unpaired) electrons. The van der Waals surface area contributed by atoms with E-state index >= 15 is 0 Å². The van der Waals surface area contributed by atoms with E-state index in [4.69, 9.17) is 31.2 Å². The molecule has 3 N–H and O–H groups in total. The Bertz CT molecular complexity index is 1230. The van der Waals surface area contributed by atoms with Crippen molar-refractivity contribution in [3.8, 4) is 27.7 Å². The van der Waals surface area contributed by atoms with Crippen molar-refractivity contribution in [2.24, 2.45) is 0 Å². The number of ether oxygens (including phenoxy) is 4. The Labute approximate surface area is 211 Å². The topological polar surface area (TPSA) is 107 Å². The summed E-state index contributed by atoms with van der Waals surface area (Å²) in [5.41, 5.74) is 6.45. The second kappa shape index (κ2) is 11.1. The van der Waals surface area contributed by atoms with Crippen molar-refractivity contribution in [3.05, 3.63) is 60.2 Å². The van der Waals surface area contributed by atoms with E-state index in [9.17, 15) is 9.59 Å². The molecular formula is C24H23N3O6S2. The number of carbonyl (C=O) groups excluding carboxylic acids is 2. The fourth-order valence-electron chi connectivity index (χ4n) is 3.15. The Kier molecular flexibility index (Phi) is 7.68. The Morgan fingerprint density at radius 1 is 1.09 bits per heavy atom. The summed E-state index contributed by atoms with van der Waals surface area (Å²) in [6, 6.07) is 16.5. The van der Waals surface area contributed by atoms with Gasteiger partial charge in [-0.3, -0.25) is 15.6 Å². The van der Waals surface area contributed by atoms with Crippen LogP contribution in [0.4, 0.5) is 5.00 Å². The van der Waals surface area contributed by atoms with Crippen LogP contribution in [0.1, 0.15) is 24.2 Å². The van der Waals surface area contributed by atoms with Gasteiger partial charge in [0.25, 0.3) is 5.91 Å². The molecule has 1 unspecified atom stereocenters. The standard InChI is InChI=1S/C24H23N3O6S2/c1-3-30-23(29)17-12-20(15-7-5-4-6-8-15)35-22(17)25-24(34)27-26-21(28)14(2)33-16-9-10-18-19(11-16)32-13-31-18/h4-12,14H,3,13H2,1-2H3,(H,26,28)(H2,25,27,34). The third-order valence-corrected chi connectivity index (χ3v) is 6.14. The molecular weight excluding hydrogens is 490 g/mol. The number of fused-ring (bicyclic) bond motifs is 1. The molecule has 0 bridgehead atoms. The van der Waals surface area contributed by atoms with Crippen molar-refractivity contribution in [2.45, 2.75) is 20.0 Å². The molecule has 4 rings (SSSR count). The summed E-state index contributed by atoms with van der Waals surface area (Å²) < 4.78 is 21.4. The Morgan fingerprint density at radius 2 is 1.86 bits per heavy atom. The van der Waals surface area contributed by atoms with Crippen LogP contribution >= 0.6 is 23.6 Å². The van der Waals surface area contributed by atoms with Crippen LogP contribution in [0.3, 0.4) is 0 Å². The molecule has 1 amide bonds. The highest BCUT2D eigenvalue weighted by Crippen LogP contribution is 2.36. The predicted molar refractivity (Wildman–Crippen MR) is 136 cm³/mol. The summed E-state index contributed by atoms with van der Waals surface area (Å²) >= 11 is 6.66. The van der Waals surface area contributed by atoms with Gasteiger partial charge in [-0.1, -0.05) is 30.3 Å². The van der Waals surface area contributed by atoms with Crippen molar-refractivity contribution >= 4 is 45.5 Å². The molecule has 11 heteroatoms.